The van der Waals surface area contributed by atoms with Crippen molar-refractivity contribution < 1.29 is 0 Å². The maximum absolute atomic E-state index is 5.61. The van der Waals surface area contributed by atoms with Gasteiger partial charge in [-0.2, -0.15) is 0 Å². The van der Waals surface area contributed by atoms with E-state index in [4.69, 9.17) is 5.73 Å². The Hall–Kier alpha value is -2.36. The molecule has 3 rings (SSSR count). The van der Waals surface area contributed by atoms with Crippen molar-refractivity contribution in [3.8, 4) is 5.82 Å². The Kier molecular flexibility index (Phi) is 1.86. The molecule has 0 amide bonds. The fourth-order valence-electron chi connectivity index (χ4n) is 1.68. The van der Waals surface area contributed by atoms with Crippen molar-refractivity contribution in [1.82, 2.24) is 14.5 Å². The van der Waals surface area contributed by atoms with Crippen LogP contribution < -0.4 is 5.73 Å². The Morgan fingerprint density at radius 1 is 1.00 bits per heavy atom. The molecule has 0 unspecified atom stereocenters. The molecule has 16 heavy (non-hydrogen) atoms. The number of para-hydroxylation sites is 2. The Bertz CT molecular complexity index is 625. The first-order valence-corrected chi connectivity index (χ1v) is 4.98. The average Bonchev–Trinajstić information content (AvgIpc) is 2.74. The van der Waals surface area contributed by atoms with Gasteiger partial charge in [0.1, 0.15) is 12.1 Å². The zero-order valence-electron chi connectivity index (χ0n) is 8.54. The lowest BCUT2D eigenvalue weighted by Crippen LogP contribution is -1.96. The Morgan fingerprint density at radius 2 is 1.88 bits per heavy atom. The van der Waals surface area contributed by atoms with Gasteiger partial charge in [0.2, 0.25) is 0 Å². The van der Waals surface area contributed by atoms with E-state index in [1.807, 2.05) is 41.0 Å². The van der Waals surface area contributed by atoms with E-state index >= 15 is 0 Å². The number of hydrogen-bond donors (Lipinski definition) is 1. The van der Waals surface area contributed by atoms with Crippen LogP contribution in [-0.4, -0.2) is 14.5 Å². The summed E-state index contributed by atoms with van der Waals surface area (Å²) in [5.74, 6) is 0.822. The highest BCUT2D eigenvalue weighted by molar-refractivity contribution is 5.76. The van der Waals surface area contributed by atoms with E-state index in [-0.39, 0.29) is 0 Å². The van der Waals surface area contributed by atoms with Gasteiger partial charge in [0.15, 0.2) is 0 Å². The van der Waals surface area contributed by atoms with Gasteiger partial charge in [-0.05, 0) is 24.3 Å². The maximum atomic E-state index is 5.61. The lowest BCUT2D eigenvalue weighted by Gasteiger charge is -2.02. The summed E-state index contributed by atoms with van der Waals surface area (Å²) in [6, 6.07) is 11.7. The van der Waals surface area contributed by atoms with Gasteiger partial charge in [0, 0.05) is 0 Å². The van der Waals surface area contributed by atoms with Crippen LogP contribution in [0.2, 0.25) is 0 Å². The van der Waals surface area contributed by atoms with Crippen LogP contribution in [0.3, 0.4) is 0 Å². The first kappa shape index (κ1) is 8.91. The molecule has 0 aliphatic heterocycles. The molecule has 4 nitrogen and oxygen atoms in total. The third kappa shape index (κ3) is 1.32. The van der Waals surface area contributed by atoms with E-state index < -0.39 is 0 Å². The van der Waals surface area contributed by atoms with E-state index in [1.165, 1.54) is 0 Å². The Balaban J connectivity index is 2.22. The number of aromatic nitrogens is 3. The second kappa shape index (κ2) is 3.34. The van der Waals surface area contributed by atoms with E-state index in [9.17, 15) is 0 Å². The molecule has 0 fully saturated rings. The number of rotatable bonds is 1. The third-order valence-electron chi connectivity index (χ3n) is 2.47. The summed E-state index contributed by atoms with van der Waals surface area (Å²) in [6.07, 6.45) is 3.41. The summed E-state index contributed by atoms with van der Waals surface area (Å²) in [5.41, 5.74) is 8.27. The highest BCUT2D eigenvalue weighted by Gasteiger charge is 2.03. The molecule has 0 atom stereocenters. The van der Waals surface area contributed by atoms with Crippen molar-refractivity contribution in [3.63, 3.8) is 0 Å². The van der Waals surface area contributed by atoms with Gasteiger partial charge >= 0.3 is 0 Å². The van der Waals surface area contributed by atoms with E-state index in [2.05, 4.69) is 9.97 Å². The van der Waals surface area contributed by atoms with Gasteiger partial charge < -0.3 is 5.73 Å². The summed E-state index contributed by atoms with van der Waals surface area (Å²) in [7, 11) is 0. The van der Waals surface area contributed by atoms with Crippen LogP contribution in [0.5, 0.6) is 0 Å². The van der Waals surface area contributed by atoms with Crippen LogP contribution in [0, 0.1) is 0 Å². The fraction of sp³-hybridized carbons (Fsp3) is 0. The zero-order valence-corrected chi connectivity index (χ0v) is 8.54. The SMILES string of the molecule is Nc1ccc(-n2cnc3ccccc32)nc1. The van der Waals surface area contributed by atoms with Crippen molar-refractivity contribution >= 4 is 16.7 Å². The molecule has 3 aromatic rings. The van der Waals surface area contributed by atoms with Crippen molar-refractivity contribution in [2.24, 2.45) is 0 Å². The van der Waals surface area contributed by atoms with Gasteiger partial charge in [-0.15, -0.1) is 0 Å². The minimum atomic E-state index is 0.660. The van der Waals surface area contributed by atoms with E-state index in [1.54, 1.807) is 12.5 Å². The minimum Gasteiger partial charge on any atom is -0.397 e. The van der Waals surface area contributed by atoms with Crippen molar-refractivity contribution in [2.45, 2.75) is 0 Å². The van der Waals surface area contributed by atoms with Crippen LogP contribution in [0.15, 0.2) is 48.9 Å². The number of pyridine rings is 1. The molecule has 2 N–H and O–H groups in total. The summed E-state index contributed by atoms with van der Waals surface area (Å²) < 4.78 is 1.94. The van der Waals surface area contributed by atoms with E-state index in [0.717, 1.165) is 16.9 Å². The molecule has 2 heterocycles. The number of nitrogens with zero attached hydrogens (tertiary/aromatic N) is 3. The van der Waals surface area contributed by atoms with Crippen molar-refractivity contribution in [3.05, 3.63) is 48.9 Å². The Labute approximate surface area is 92.4 Å². The molecule has 0 aliphatic carbocycles. The van der Waals surface area contributed by atoms with Crippen molar-refractivity contribution in [1.29, 1.82) is 0 Å². The molecule has 2 aromatic heterocycles. The van der Waals surface area contributed by atoms with Gasteiger partial charge in [0.05, 0.1) is 22.9 Å². The van der Waals surface area contributed by atoms with Gasteiger partial charge in [-0.3, -0.25) is 4.57 Å². The standard InChI is InChI=1S/C12H10N4/c13-9-5-6-12(14-7-9)16-8-15-10-3-1-2-4-11(10)16/h1-8H,13H2. The first-order chi connectivity index (χ1) is 7.84. The molecule has 0 saturated heterocycles. The van der Waals surface area contributed by atoms with Gasteiger partial charge in [-0.1, -0.05) is 12.1 Å². The molecule has 78 valence electrons. The number of anilines is 1. The molecular formula is C12H10N4. The second-order valence-electron chi connectivity index (χ2n) is 3.55. The minimum absolute atomic E-state index is 0.660. The molecule has 0 aliphatic rings. The maximum Gasteiger partial charge on any atom is 0.138 e. The molecule has 0 saturated carbocycles. The molecule has 4 heteroatoms. The van der Waals surface area contributed by atoms with Crippen LogP contribution in [0.1, 0.15) is 0 Å². The first-order valence-electron chi connectivity index (χ1n) is 4.98. The predicted octanol–water partition coefficient (Wildman–Crippen LogP) is 2.00. The highest BCUT2D eigenvalue weighted by Crippen LogP contribution is 2.16. The highest BCUT2D eigenvalue weighted by atomic mass is 15.1. The number of fused-ring (bicyclic) bond motifs is 1. The summed E-state index contributed by atoms with van der Waals surface area (Å²) >= 11 is 0. The monoisotopic (exact) mass is 210 g/mol. The lowest BCUT2D eigenvalue weighted by molar-refractivity contribution is 1.02. The largest absolute Gasteiger partial charge is 0.397 e. The normalized spacial score (nSPS) is 10.8. The molecule has 0 spiro atoms. The van der Waals surface area contributed by atoms with Crippen LogP contribution in [0.4, 0.5) is 5.69 Å². The predicted molar refractivity (Wildman–Crippen MR) is 63.3 cm³/mol. The summed E-state index contributed by atoms with van der Waals surface area (Å²) in [6.45, 7) is 0. The number of hydrogen-bond acceptors (Lipinski definition) is 3. The second-order valence-corrected chi connectivity index (χ2v) is 3.55. The molecular weight excluding hydrogens is 200 g/mol. The zero-order chi connectivity index (χ0) is 11.0. The Morgan fingerprint density at radius 3 is 2.69 bits per heavy atom. The average molecular weight is 210 g/mol. The molecule has 1 aromatic carbocycles. The summed E-state index contributed by atoms with van der Waals surface area (Å²) in [4.78, 5) is 8.58. The number of benzene rings is 1. The van der Waals surface area contributed by atoms with Crippen LogP contribution >= 0.6 is 0 Å². The molecule has 0 bridgehead atoms. The van der Waals surface area contributed by atoms with Crippen molar-refractivity contribution in [2.75, 3.05) is 5.73 Å². The lowest BCUT2D eigenvalue weighted by atomic mass is 10.3. The van der Waals surface area contributed by atoms with Gasteiger partial charge in [0.25, 0.3) is 0 Å². The van der Waals surface area contributed by atoms with Gasteiger partial charge in [-0.25, -0.2) is 9.97 Å². The number of imidazole rings is 1. The number of nitrogens with two attached hydrogens (primary N) is 1. The quantitative estimate of drug-likeness (QED) is 0.668. The smallest absolute Gasteiger partial charge is 0.138 e. The molecule has 0 radical (unpaired) electrons. The summed E-state index contributed by atoms with van der Waals surface area (Å²) in [5, 5.41) is 0. The third-order valence-corrected chi connectivity index (χ3v) is 2.47. The van der Waals surface area contributed by atoms with E-state index in [0.29, 0.717) is 5.69 Å². The van der Waals surface area contributed by atoms with Crippen LogP contribution in [-0.2, 0) is 0 Å². The van der Waals surface area contributed by atoms with Crippen LogP contribution in [0.25, 0.3) is 16.9 Å². The fourth-order valence-corrected chi connectivity index (χ4v) is 1.68. The number of nitrogen functional groups attached to an aromatic ring is 1. The topological polar surface area (TPSA) is 56.7 Å².